The lowest BCUT2D eigenvalue weighted by molar-refractivity contribution is 0.0658. The van der Waals surface area contributed by atoms with Gasteiger partial charge in [0.25, 0.3) is 5.91 Å². The van der Waals surface area contributed by atoms with Crippen LogP contribution in [-0.2, 0) is 0 Å². The Hall–Kier alpha value is -3.03. The number of para-hydroxylation sites is 1. The molecule has 2 aromatic heterocycles. The number of hydrogen-bond acceptors (Lipinski definition) is 6. The highest BCUT2D eigenvalue weighted by Gasteiger charge is 2.32. The molecule has 25 heavy (non-hydrogen) atoms. The van der Waals surface area contributed by atoms with Gasteiger partial charge in [-0.05, 0) is 25.0 Å². The van der Waals surface area contributed by atoms with Crippen LogP contribution in [-0.4, -0.2) is 42.3 Å². The second-order valence-corrected chi connectivity index (χ2v) is 6.00. The van der Waals surface area contributed by atoms with Gasteiger partial charge in [-0.2, -0.15) is 4.98 Å². The summed E-state index contributed by atoms with van der Waals surface area (Å²) in [6.45, 7) is 0.637. The molecule has 0 bridgehead atoms. The van der Waals surface area contributed by atoms with Crippen LogP contribution in [0.1, 0.15) is 48.2 Å². The van der Waals surface area contributed by atoms with E-state index in [1.165, 1.54) is 6.39 Å². The van der Waals surface area contributed by atoms with E-state index in [4.69, 9.17) is 4.52 Å². The molecule has 1 aliphatic rings. The van der Waals surface area contributed by atoms with E-state index < -0.39 is 0 Å². The van der Waals surface area contributed by atoms with E-state index >= 15 is 0 Å². The molecule has 1 unspecified atom stereocenters. The number of benzene rings is 1. The molecule has 1 amide bonds. The molecule has 0 N–H and O–H groups in total. The van der Waals surface area contributed by atoms with E-state index in [0.717, 1.165) is 31.4 Å². The Labute approximate surface area is 144 Å². The Balaban J connectivity index is 1.61. The smallest absolute Gasteiger partial charge is 0.294 e. The number of aromatic nitrogens is 5. The Bertz CT molecular complexity index is 830. The van der Waals surface area contributed by atoms with Crippen LogP contribution in [0.15, 0.2) is 47.6 Å². The molecule has 1 aliphatic heterocycles. The van der Waals surface area contributed by atoms with Gasteiger partial charge in [-0.3, -0.25) is 4.79 Å². The summed E-state index contributed by atoms with van der Waals surface area (Å²) in [5.74, 6) is 0.517. The summed E-state index contributed by atoms with van der Waals surface area (Å²) in [4.78, 5) is 23.1. The fourth-order valence-corrected chi connectivity index (χ4v) is 3.14. The van der Waals surface area contributed by atoms with Crippen molar-refractivity contribution in [3.63, 3.8) is 0 Å². The minimum Gasteiger partial charge on any atom is -0.343 e. The van der Waals surface area contributed by atoms with E-state index in [-0.39, 0.29) is 17.8 Å². The predicted molar refractivity (Wildman–Crippen MR) is 87.9 cm³/mol. The van der Waals surface area contributed by atoms with E-state index in [0.29, 0.717) is 12.4 Å². The van der Waals surface area contributed by atoms with Crippen LogP contribution in [0, 0.1) is 0 Å². The third kappa shape index (κ3) is 3.15. The van der Waals surface area contributed by atoms with Gasteiger partial charge < -0.3 is 9.42 Å². The lowest BCUT2D eigenvalue weighted by Gasteiger charge is -2.26. The maximum atomic E-state index is 13.0. The van der Waals surface area contributed by atoms with Crippen molar-refractivity contribution in [2.45, 2.75) is 31.7 Å². The van der Waals surface area contributed by atoms with Crippen LogP contribution in [0.4, 0.5) is 0 Å². The first-order chi connectivity index (χ1) is 12.3. The van der Waals surface area contributed by atoms with Gasteiger partial charge >= 0.3 is 0 Å². The fraction of sp³-hybridized carbons (Fsp3) is 0.353. The zero-order valence-corrected chi connectivity index (χ0v) is 13.7. The van der Waals surface area contributed by atoms with Crippen LogP contribution in [0.5, 0.6) is 0 Å². The van der Waals surface area contributed by atoms with Crippen molar-refractivity contribution < 1.29 is 9.32 Å². The highest BCUT2D eigenvalue weighted by molar-refractivity contribution is 5.90. The number of nitrogens with zero attached hydrogens (tertiary/aromatic N) is 6. The number of carbonyl (C=O) groups excluding carboxylic acids is 1. The van der Waals surface area contributed by atoms with Gasteiger partial charge in [-0.1, -0.05) is 36.2 Å². The summed E-state index contributed by atoms with van der Waals surface area (Å²) in [6, 6.07) is 9.39. The van der Waals surface area contributed by atoms with Crippen molar-refractivity contribution in [3.05, 3.63) is 54.7 Å². The van der Waals surface area contributed by atoms with Gasteiger partial charge in [0.2, 0.25) is 12.2 Å². The summed E-state index contributed by atoms with van der Waals surface area (Å²) < 4.78 is 6.48. The summed E-state index contributed by atoms with van der Waals surface area (Å²) in [7, 11) is 0. The number of likely N-dealkylation sites (tertiary alicyclic amines) is 1. The molecule has 0 saturated carbocycles. The fourth-order valence-electron chi connectivity index (χ4n) is 3.14. The molecule has 1 aromatic carbocycles. The third-order valence-electron chi connectivity index (χ3n) is 4.39. The summed E-state index contributed by atoms with van der Waals surface area (Å²) >= 11 is 0. The monoisotopic (exact) mass is 338 g/mol. The molecule has 1 fully saturated rings. The normalized spacial score (nSPS) is 18.1. The second-order valence-electron chi connectivity index (χ2n) is 6.00. The Morgan fingerprint density at radius 1 is 1.12 bits per heavy atom. The molecule has 3 heterocycles. The SMILES string of the molecule is O=C(c1ncn(-c2ccccc2)n1)N1CCCCCC1c1ncon1. The second kappa shape index (κ2) is 6.84. The number of rotatable bonds is 3. The maximum absolute atomic E-state index is 13.0. The Kier molecular flexibility index (Phi) is 4.24. The summed E-state index contributed by atoms with van der Waals surface area (Å²) in [5.41, 5.74) is 0.861. The largest absolute Gasteiger partial charge is 0.343 e. The minimum atomic E-state index is -0.202. The average molecular weight is 338 g/mol. The van der Waals surface area contributed by atoms with Crippen molar-refractivity contribution >= 4 is 5.91 Å². The van der Waals surface area contributed by atoms with Crippen molar-refractivity contribution in [1.82, 2.24) is 29.8 Å². The van der Waals surface area contributed by atoms with Gasteiger partial charge in [0.05, 0.1) is 11.7 Å². The van der Waals surface area contributed by atoms with Gasteiger partial charge in [-0.25, -0.2) is 9.67 Å². The van der Waals surface area contributed by atoms with Crippen molar-refractivity contribution in [3.8, 4) is 5.69 Å². The molecule has 1 saturated heterocycles. The Morgan fingerprint density at radius 3 is 2.80 bits per heavy atom. The first-order valence-electron chi connectivity index (χ1n) is 8.37. The first-order valence-corrected chi connectivity index (χ1v) is 8.37. The molecule has 0 aliphatic carbocycles. The molecule has 0 spiro atoms. The first kappa shape index (κ1) is 15.5. The van der Waals surface area contributed by atoms with Crippen molar-refractivity contribution in [1.29, 1.82) is 0 Å². The molecular weight excluding hydrogens is 320 g/mol. The molecule has 1 atom stereocenters. The highest BCUT2D eigenvalue weighted by atomic mass is 16.5. The Morgan fingerprint density at radius 2 is 2.00 bits per heavy atom. The van der Waals surface area contributed by atoms with Crippen LogP contribution in [0.25, 0.3) is 5.69 Å². The molecule has 3 aromatic rings. The van der Waals surface area contributed by atoms with Gasteiger partial charge in [0.1, 0.15) is 6.33 Å². The topological polar surface area (TPSA) is 89.9 Å². The number of carbonyl (C=O) groups is 1. The van der Waals surface area contributed by atoms with Crippen LogP contribution in [0.3, 0.4) is 0 Å². The standard InChI is InChI=1S/C17H18N6O2/c24-17(16-18-11-23(20-16)13-7-3-1-4-8-13)22-10-6-2-5-9-14(22)15-19-12-25-21-15/h1,3-4,7-8,11-12,14H,2,5-6,9-10H2. The van der Waals surface area contributed by atoms with Gasteiger partial charge in [0, 0.05) is 6.54 Å². The zero-order valence-electron chi connectivity index (χ0n) is 13.7. The van der Waals surface area contributed by atoms with Gasteiger partial charge in [0.15, 0.2) is 5.82 Å². The molecule has 8 heteroatoms. The lowest BCUT2D eigenvalue weighted by Crippen LogP contribution is -2.36. The number of amides is 1. The van der Waals surface area contributed by atoms with Crippen LogP contribution >= 0.6 is 0 Å². The molecule has 128 valence electrons. The molecule has 0 radical (unpaired) electrons. The third-order valence-corrected chi connectivity index (χ3v) is 4.39. The lowest BCUT2D eigenvalue weighted by atomic mass is 10.1. The minimum absolute atomic E-state index is 0.180. The van der Waals surface area contributed by atoms with Crippen LogP contribution in [0.2, 0.25) is 0 Å². The predicted octanol–water partition coefficient (Wildman–Crippen LogP) is 2.41. The quantitative estimate of drug-likeness (QED) is 0.728. The summed E-state index contributed by atoms with van der Waals surface area (Å²) in [6.07, 6.45) is 6.71. The van der Waals surface area contributed by atoms with Gasteiger partial charge in [-0.15, -0.1) is 5.10 Å². The van der Waals surface area contributed by atoms with E-state index in [2.05, 4.69) is 20.2 Å². The van der Waals surface area contributed by atoms with E-state index in [1.54, 1.807) is 15.9 Å². The summed E-state index contributed by atoms with van der Waals surface area (Å²) in [5, 5.41) is 8.29. The number of hydrogen-bond donors (Lipinski definition) is 0. The molecule has 8 nitrogen and oxygen atoms in total. The molecular formula is C17H18N6O2. The van der Waals surface area contributed by atoms with E-state index in [1.807, 2.05) is 30.3 Å². The van der Waals surface area contributed by atoms with E-state index in [9.17, 15) is 4.79 Å². The average Bonchev–Trinajstić information content (AvgIpc) is 3.30. The molecule has 4 rings (SSSR count). The van der Waals surface area contributed by atoms with Crippen LogP contribution < -0.4 is 0 Å². The van der Waals surface area contributed by atoms with Crippen molar-refractivity contribution in [2.24, 2.45) is 0 Å². The highest BCUT2D eigenvalue weighted by Crippen LogP contribution is 2.29. The zero-order chi connectivity index (χ0) is 17.1. The van der Waals surface area contributed by atoms with Crippen molar-refractivity contribution in [2.75, 3.05) is 6.54 Å². The maximum Gasteiger partial charge on any atom is 0.294 e.